The largest absolute Gasteiger partial charge is 0.425 e. The zero-order chi connectivity index (χ0) is 15.8. The van der Waals surface area contributed by atoms with Crippen LogP contribution in [0.25, 0.3) is 0 Å². The summed E-state index contributed by atoms with van der Waals surface area (Å²) >= 11 is 0. The smallest absolute Gasteiger partial charge is 0.340 e. The van der Waals surface area contributed by atoms with Gasteiger partial charge in [0.2, 0.25) is 0 Å². The fourth-order valence-corrected chi connectivity index (χ4v) is 1.55. The predicted molar refractivity (Wildman–Crippen MR) is 80.3 cm³/mol. The van der Waals surface area contributed by atoms with Gasteiger partial charge in [0.25, 0.3) is 5.91 Å². The number of benzene rings is 1. The summed E-state index contributed by atoms with van der Waals surface area (Å²) < 4.78 is 10.5. The van der Waals surface area contributed by atoms with E-state index in [9.17, 15) is 9.59 Å². The predicted octanol–water partition coefficient (Wildman–Crippen LogP) is 2.28. The van der Waals surface area contributed by atoms with E-state index in [2.05, 4.69) is 6.58 Å². The molecule has 0 heterocycles. The fourth-order valence-electron chi connectivity index (χ4n) is 1.55. The van der Waals surface area contributed by atoms with Crippen LogP contribution in [0.1, 0.15) is 23.7 Å². The number of rotatable bonds is 7. The van der Waals surface area contributed by atoms with Gasteiger partial charge in [-0.25, -0.2) is 4.79 Å². The fraction of sp³-hybridized carbons (Fsp3) is 0.375. The van der Waals surface area contributed by atoms with Crippen LogP contribution in [0.4, 0.5) is 0 Å². The number of hydrogen-bond donors (Lipinski definition) is 0. The molecule has 0 aliphatic rings. The van der Waals surface area contributed by atoms with Gasteiger partial charge in [0.05, 0.1) is 6.61 Å². The lowest BCUT2D eigenvalue weighted by Gasteiger charge is -2.13. The molecule has 21 heavy (non-hydrogen) atoms. The summed E-state index contributed by atoms with van der Waals surface area (Å²) in [4.78, 5) is 25.2. The molecule has 0 radical (unpaired) electrons. The number of esters is 1. The lowest BCUT2D eigenvalue weighted by atomic mass is 10.2. The van der Waals surface area contributed by atoms with Crippen LogP contribution < -0.4 is 4.74 Å². The molecule has 5 nitrogen and oxygen atoms in total. The van der Waals surface area contributed by atoms with E-state index in [4.69, 9.17) is 9.47 Å². The van der Waals surface area contributed by atoms with Crippen LogP contribution in [-0.2, 0) is 9.53 Å². The average Bonchev–Trinajstić information content (AvgIpc) is 2.46. The Morgan fingerprint density at radius 1 is 1.38 bits per heavy atom. The van der Waals surface area contributed by atoms with Crippen molar-refractivity contribution in [2.24, 2.45) is 0 Å². The van der Waals surface area contributed by atoms with Crippen molar-refractivity contribution in [3.8, 4) is 5.75 Å². The molecule has 0 aliphatic carbocycles. The molecule has 1 rings (SSSR count). The van der Waals surface area contributed by atoms with Gasteiger partial charge in [-0.3, -0.25) is 4.79 Å². The van der Waals surface area contributed by atoms with Crippen molar-refractivity contribution < 1.29 is 19.1 Å². The third-order valence-corrected chi connectivity index (χ3v) is 2.73. The summed E-state index contributed by atoms with van der Waals surface area (Å²) in [5.41, 5.74) is 0.463. The number of carbonyl (C=O) groups excluding carboxylic acids is 2. The third kappa shape index (κ3) is 5.39. The quantitative estimate of drug-likeness (QED) is 0.335. The Morgan fingerprint density at radius 3 is 2.71 bits per heavy atom. The summed E-state index contributed by atoms with van der Waals surface area (Å²) in [7, 11) is 3.33. The minimum atomic E-state index is -0.668. The molecule has 1 atom stereocenters. The van der Waals surface area contributed by atoms with Gasteiger partial charge in [0.1, 0.15) is 5.75 Å². The highest BCUT2D eigenvalue weighted by Gasteiger charge is 2.16. The number of nitrogens with zero attached hydrogens (tertiary/aromatic N) is 1. The van der Waals surface area contributed by atoms with Gasteiger partial charge >= 0.3 is 5.97 Å². The van der Waals surface area contributed by atoms with Crippen LogP contribution >= 0.6 is 0 Å². The van der Waals surface area contributed by atoms with Crippen LogP contribution in [0.5, 0.6) is 5.75 Å². The van der Waals surface area contributed by atoms with Crippen molar-refractivity contribution >= 4 is 11.9 Å². The number of amides is 1. The maximum atomic E-state index is 11.9. The van der Waals surface area contributed by atoms with Crippen LogP contribution in [0.3, 0.4) is 0 Å². The summed E-state index contributed by atoms with van der Waals surface area (Å²) in [6.45, 7) is 5.62. The average molecular weight is 291 g/mol. The zero-order valence-corrected chi connectivity index (χ0v) is 12.7. The maximum absolute atomic E-state index is 11.9. The highest BCUT2D eigenvalue weighted by Crippen LogP contribution is 2.15. The van der Waals surface area contributed by atoms with Gasteiger partial charge < -0.3 is 14.4 Å². The van der Waals surface area contributed by atoms with Gasteiger partial charge in [-0.05, 0) is 31.5 Å². The SMILES string of the molecule is C=CCCOC(C)C(=O)Oc1cccc(C(=O)N(C)C)c1. The third-order valence-electron chi connectivity index (χ3n) is 2.73. The lowest BCUT2D eigenvalue weighted by molar-refractivity contribution is -0.146. The van der Waals surface area contributed by atoms with E-state index in [1.807, 2.05) is 0 Å². The maximum Gasteiger partial charge on any atom is 0.340 e. The van der Waals surface area contributed by atoms with Crippen molar-refractivity contribution in [2.75, 3.05) is 20.7 Å². The second-order valence-corrected chi connectivity index (χ2v) is 4.74. The van der Waals surface area contributed by atoms with Gasteiger partial charge in [0, 0.05) is 19.7 Å². The van der Waals surface area contributed by atoms with E-state index in [1.165, 1.54) is 11.0 Å². The number of hydrogen-bond acceptors (Lipinski definition) is 4. The molecule has 1 aromatic rings. The Hall–Kier alpha value is -2.14. The van der Waals surface area contributed by atoms with Crippen molar-refractivity contribution in [3.05, 3.63) is 42.5 Å². The van der Waals surface area contributed by atoms with E-state index < -0.39 is 12.1 Å². The van der Waals surface area contributed by atoms with Crippen LogP contribution in [-0.4, -0.2) is 43.6 Å². The Morgan fingerprint density at radius 2 is 2.10 bits per heavy atom. The van der Waals surface area contributed by atoms with Crippen LogP contribution in [0, 0.1) is 0 Å². The van der Waals surface area contributed by atoms with Gasteiger partial charge in [-0.2, -0.15) is 0 Å². The first kappa shape index (κ1) is 16.9. The standard InChI is InChI=1S/C16H21NO4/c1-5-6-10-20-12(2)16(19)21-14-9-7-8-13(11-14)15(18)17(3)4/h5,7-9,11-12H,1,6,10H2,2-4H3. The zero-order valence-electron chi connectivity index (χ0n) is 12.7. The molecule has 0 N–H and O–H groups in total. The number of carbonyl (C=O) groups is 2. The molecule has 5 heteroatoms. The van der Waals surface area contributed by atoms with Crippen molar-refractivity contribution in [2.45, 2.75) is 19.4 Å². The molecule has 0 saturated carbocycles. The normalized spacial score (nSPS) is 11.6. The molecule has 1 amide bonds. The lowest BCUT2D eigenvalue weighted by Crippen LogP contribution is -2.26. The number of ether oxygens (including phenoxy) is 2. The van der Waals surface area contributed by atoms with Crippen molar-refractivity contribution in [3.63, 3.8) is 0 Å². The van der Waals surface area contributed by atoms with Gasteiger partial charge in [-0.15, -0.1) is 6.58 Å². The monoisotopic (exact) mass is 291 g/mol. The first-order chi connectivity index (χ1) is 9.95. The molecule has 0 aliphatic heterocycles. The Balaban J connectivity index is 2.66. The Labute approximate surface area is 125 Å². The molecule has 1 aromatic carbocycles. The molecular weight excluding hydrogens is 270 g/mol. The summed E-state index contributed by atoms with van der Waals surface area (Å²) in [5.74, 6) is -0.316. The van der Waals surface area contributed by atoms with Crippen LogP contribution in [0.2, 0.25) is 0 Å². The van der Waals surface area contributed by atoms with E-state index >= 15 is 0 Å². The summed E-state index contributed by atoms with van der Waals surface area (Å²) in [6, 6.07) is 6.50. The molecule has 0 bridgehead atoms. The first-order valence-electron chi connectivity index (χ1n) is 6.71. The van der Waals surface area contributed by atoms with Gasteiger partial charge in [-0.1, -0.05) is 12.1 Å². The van der Waals surface area contributed by atoms with E-state index in [-0.39, 0.29) is 5.91 Å². The van der Waals surface area contributed by atoms with E-state index in [0.717, 1.165) is 0 Å². The van der Waals surface area contributed by atoms with Crippen LogP contribution in [0.15, 0.2) is 36.9 Å². The Bertz CT molecular complexity index is 511. The summed E-state index contributed by atoms with van der Waals surface area (Å²) in [5, 5.41) is 0. The topological polar surface area (TPSA) is 55.8 Å². The second kappa shape index (κ2) is 8.21. The molecule has 0 saturated heterocycles. The molecule has 0 spiro atoms. The highest BCUT2D eigenvalue weighted by molar-refractivity contribution is 5.94. The van der Waals surface area contributed by atoms with Gasteiger partial charge in [0.15, 0.2) is 6.10 Å². The molecule has 114 valence electrons. The molecule has 1 unspecified atom stereocenters. The molecule has 0 aromatic heterocycles. The van der Waals surface area contributed by atoms with Crippen molar-refractivity contribution in [1.82, 2.24) is 4.90 Å². The minimum Gasteiger partial charge on any atom is -0.425 e. The molecular formula is C16H21NO4. The van der Waals surface area contributed by atoms with E-state index in [0.29, 0.717) is 24.3 Å². The van der Waals surface area contributed by atoms with Crippen molar-refractivity contribution in [1.29, 1.82) is 0 Å². The highest BCUT2D eigenvalue weighted by atomic mass is 16.6. The Kier molecular flexibility index (Phi) is 6.62. The summed E-state index contributed by atoms with van der Waals surface area (Å²) in [6.07, 6.45) is 1.72. The minimum absolute atomic E-state index is 0.150. The second-order valence-electron chi connectivity index (χ2n) is 4.74. The van der Waals surface area contributed by atoms with E-state index in [1.54, 1.807) is 45.3 Å². The molecule has 0 fully saturated rings. The first-order valence-corrected chi connectivity index (χ1v) is 6.71.